The van der Waals surface area contributed by atoms with Gasteiger partial charge in [-0.2, -0.15) is 5.26 Å². The zero-order chi connectivity index (χ0) is 18.1. The van der Waals surface area contributed by atoms with E-state index in [1.54, 1.807) is 4.31 Å². The topological polar surface area (TPSA) is 82.4 Å². The first-order chi connectivity index (χ1) is 12.0. The molecule has 7 heteroatoms. The molecule has 1 heterocycles. The molecule has 0 unspecified atom stereocenters. The molecule has 0 amide bonds. The van der Waals surface area contributed by atoms with Gasteiger partial charge in [-0.05, 0) is 49.4 Å². The van der Waals surface area contributed by atoms with Crippen LogP contribution < -0.4 is 10.1 Å². The highest BCUT2D eigenvalue weighted by atomic mass is 32.2. The first-order valence-corrected chi connectivity index (χ1v) is 10.6. The molecular formula is C18H27N3O3S. The summed E-state index contributed by atoms with van der Waals surface area (Å²) < 4.78 is 30.2. The van der Waals surface area contributed by atoms with Gasteiger partial charge in [0.15, 0.2) is 0 Å². The second-order valence-corrected chi connectivity index (χ2v) is 8.48. The monoisotopic (exact) mass is 365 g/mol. The number of nitrogens with zero attached hydrogens (tertiary/aromatic N) is 2. The Balaban J connectivity index is 1.69. The van der Waals surface area contributed by atoms with E-state index in [1.807, 2.05) is 18.2 Å². The van der Waals surface area contributed by atoms with E-state index in [0.29, 0.717) is 32.0 Å². The van der Waals surface area contributed by atoms with E-state index < -0.39 is 10.0 Å². The SMILES string of the molecule is CS(=O)(=O)N1CCC(CNCc2cccc(OCCCC#N)c2)CC1. The molecule has 2 rings (SSSR count). The third-order valence-corrected chi connectivity index (χ3v) is 5.71. The van der Waals surface area contributed by atoms with Gasteiger partial charge in [-0.3, -0.25) is 0 Å². The van der Waals surface area contributed by atoms with Crippen LogP contribution in [-0.4, -0.2) is 45.2 Å². The maximum absolute atomic E-state index is 11.5. The Morgan fingerprint density at radius 2 is 2.12 bits per heavy atom. The maximum atomic E-state index is 11.5. The van der Waals surface area contributed by atoms with Crippen molar-refractivity contribution in [1.29, 1.82) is 5.26 Å². The molecule has 0 spiro atoms. The summed E-state index contributed by atoms with van der Waals surface area (Å²) in [6, 6.07) is 10.1. The number of hydrogen-bond acceptors (Lipinski definition) is 5. The molecule has 0 radical (unpaired) electrons. The summed E-state index contributed by atoms with van der Waals surface area (Å²) in [4.78, 5) is 0. The molecule has 0 saturated carbocycles. The standard InChI is InChI=1S/C18H27N3O3S/c1-25(22,23)21-10-7-16(8-11-21)14-20-15-17-5-4-6-18(13-17)24-12-3-2-9-19/h4-6,13,16,20H,2-3,7-8,10-12,14-15H2,1H3. The van der Waals surface area contributed by atoms with E-state index in [2.05, 4.69) is 17.5 Å². The van der Waals surface area contributed by atoms with Crippen LogP contribution in [-0.2, 0) is 16.6 Å². The lowest BCUT2D eigenvalue weighted by molar-refractivity contribution is 0.268. The number of ether oxygens (including phenoxy) is 1. The number of hydrogen-bond donors (Lipinski definition) is 1. The quantitative estimate of drug-likeness (QED) is 0.678. The molecule has 0 aliphatic carbocycles. The number of unbranched alkanes of at least 4 members (excludes halogenated alkanes) is 1. The average molecular weight is 365 g/mol. The van der Waals surface area contributed by atoms with Gasteiger partial charge >= 0.3 is 0 Å². The molecule has 138 valence electrons. The summed E-state index contributed by atoms with van der Waals surface area (Å²) in [7, 11) is -3.05. The van der Waals surface area contributed by atoms with Crippen LogP contribution in [0.5, 0.6) is 5.75 Å². The van der Waals surface area contributed by atoms with Crippen molar-refractivity contribution in [3.05, 3.63) is 29.8 Å². The fourth-order valence-corrected chi connectivity index (χ4v) is 3.83. The third-order valence-electron chi connectivity index (χ3n) is 4.40. The lowest BCUT2D eigenvalue weighted by Gasteiger charge is -2.30. The predicted octanol–water partition coefficient (Wildman–Crippen LogP) is 2.13. The molecule has 1 N–H and O–H groups in total. The lowest BCUT2D eigenvalue weighted by Crippen LogP contribution is -2.40. The molecule has 1 aromatic carbocycles. The summed E-state index contributed by atoms with van der Waals surface area (Å²) >= 11 is 0. The van der Waals surface area contributed by atoms with Gasteiger partial charge in [0.25, 0.3) is 0 Å². The number of rotatable bonds is 9. The van der Waals surface area contributed by atoms with E-state index in [9.17, 15) is 8.42 Å². The molecule has 1 saturated heterocycles. The highest BCUT2D eigenvalue weighted by molar-refractivity contribution is 7.88. The first kappa shape index (κ1) is 19.7. The van der Waals surface area contributed by atoms with Crippen molar-refractivity contribution in [2.75, 3.05) is 32.5 Å². The van der Waals surface area contributed by atoms with Gasteiger partial charge in [0.05, 0.1) is 18.9 Å². The van der Waals surface area contributed by atoms with Crippen molar-refractivity contribution < 1.29 is 13.2 Å². The predicted molar refractivity (Wildman–Crippen MR) is 97.6 cm³/mol. The summed E-state index contributed by atoms with van der Waals surface area (Å²) in [5.74, 6) is 1.35. The van der Waals surface area contributed by atoms with Crippen LogP contribution in [0.4, 0.5) is 0 Å². The molecular weight excluding hydrogens is 338 g/mol. The van der Waals surface area contributed by atoms with Gasteiger partial charge in [-0.1, -0.05) is 12.1 Å². The van der Waals surface area contributed by atoms with Gasteiger partial charge in [0.2, 0.25) is 10.0 Å². The number of nitrogens with one attached hydrogen (secondary N) is 1. The maximum Gasteiger partial charge on any atom is 0.211 e. The molecule has 0 aromatic heterocycles. The minimum Gasteiger partial charge on any atom is -0.494 e. The summed E-state index contributed by atoms with van der Waals surface area (Å²) in [6.07, 6.45) is 4.34. The van der Waals surface area contributed by atoms with Crippen molar-refractivity contribution in [2.45, 2.75) is 32.2 Å². The third kappa shape index (κ3) is 7.02. The average Bonchev–Trinajstić information content (AvgIpc) is 2.59. The Morgan fingerprint density at radius 1 is 1.36 bits per heavy atom. The fraction of sp³-hybridized carbons (Fsp3) is 0.611. The van der Waals surface area contributed by atoms with E-state index in [0.717, 1.165) is 43.7 Å². The zero-order valence-electron chi connectivity index (χ0n) is 14.8. The van der Waals surface area contributed by atoms with Crippen LogP contribution in [0.3, 0.4) is 0 Å². The molecule has 1 fully saturated rings. The summed E-state index contributed by atoms with van der Waals surface area (Å²) in [5, 5.41) is 12.0. The summed E-state index contributed by atoms with van der Waals surface area (Å²) in [5.41, 5.74) is 1.16. The number of nitriles is 1. The van der Waals surface area contributed by atoms with Crippen molar-refractivity contribution in [3.8, 4) is 11.8 Å². The highest BCUT2D eigenvalue weighted by Crippen LogP contribution is 2.19. The Hall–Kier alpha value is -1.62. The van der Waals surface area contributed by atoms with Crippen LogP contribution in [0.2, 0.25) is 0 Å². The number of sulfonamides is 1. The van der Waals surface area contributed by atoms with Crippen LogP contribution in [0.25, 0.3) is 0 Å². The van der Waals surface area contributed by atoms with Crippen molar-refractivity contribution in [3.63, 3.8) is 0 Å². The second kappa shape index (κ2) is 9.76. The molecule has 0 bridgehead atoms. The van der Waals surface area contributed by atoms with Gasteiger partial charge in [-0.15, -0.1) is 0 Å². The molecule has 6 nitrogen and oxygen atoms in total. The van der Waals surface area contributed by atoms with Crippen LogP contribution >= 0.6 is 0 Å². The Labute approximate surface area is 150 Å². The fourth-order valence-electron chi connectivity index (χ4n) is 2.95. The smallest absolute Gasteiger partial charge is 0.211 e. The van der Waals surface area contributed by atoms with E-state index in [4.69, 9.17) is 10.00 Å². The van der Waals surface area contributed by atoms with E-state index in [1.165, 1.54) is 6.26 Å². The van der Waals surface area contributed by atoms with Crippen molar-refractivity contribution in [1.82, 2.24) is 9.62 Å². The van der Waals surface area contributed by atoms with Gasteiger partial charge in [0, 0.05) is 26.1 Å². The number of benzene rings is 1. The molecule has 1 aliphatic heterocycles. The minimum absolute atomic E-state index is 0.513. The highest BCUT2D eigenvalue weighted by Gasteiger charge is 2.24. The lowest BCUT2D eigenvalue weighted by atomic mass is 9.98. The van der Waals surface area contributed by atoms with Crippen LogP contribution in [0.15, 0.2) is 24.3 Å². The Bertz CT molecular complexity index is 677. The van der Waals surface area contributed by atoms with Gasteiger partial charge < -0.3 is 10.1 Å². The first-order valence-electron chi connectivity index (χ1n) is 8.73. The Kier molecular flexibility index (Phi) is 7.69. The molecule has 1 aromatic rings. The molecule has 1 aliphatic rings. The molecule has 0 atom stereocenters. The summed E-state index contributed by atoms with van der Waals surface area (Å²) in [6.45, 7) is 3.46. The van der Waals surface area contributed by atoms with Crippen molar-refractivity contribution in [2.24, 2.45) is 5.92 Å². The van der Waals surface area contributed by atoms with Gasteiger partial charge in [0.1, 0.15) is 5.75 Å². The Morgan fingerprint density at radius 3 is 2.80 bits per heavy atom. The minimum atomic E-state index is -3.05. The largest absolute Gasteiger partial charge is 0.494 e. The zero-order valence-corrected chi connectivity index (χ0v) is 15.6. The van der Waals surface area contributed by atoms with Crippen LogP contribution in [0.1, 0.15) is 31.2 Å². The van der Waals surface area contributed by atoms with Crippen LogP contribution in [0, 0.1) is 17.2 Å². The van der Waals surface area contributed by atoms with E-state index >= 15 is 0 Å². The molecule has 25 heavy (non-hydrogen) atoms. The van der Waals surface area contributed by atoms with Gasteiger partial charge in [-0.25, -0.2) is 12.7 Å². The van der Waals surface area contributed by atoms with E-state index in [-0.39, 0.29) is 0 Å². The normalized spacial score (nSPS) is 16.5. The number of piperidine rings is 1. The second-order valence-electron chi connectivity index (χ2n) is 6.49. The van der Waals surface area contributed by atoms with Crippen molar-refractivity contribution >= 4 is 10.0 Å².